The zero-order valence-electron chi connectivity index (χ0n) is 11.5. The molecule has 1 heterocycles. The lowest BCUT2D eigenvalue weighted by molar-refractivity contribution is 0.179. The normalized spacial score (nSPS) is 21.0. The van der Waals surface area contributed by atoms with Crippen molar-refractivity contribution in [1.29, 1.82) is 0 Å². The summed E-state index contributed by atoms with van der Waals surface area (Å²) in [6, 6.07) is 6.50. The molecule has 1 aromatic carbocycles. The number of ether oxygens (including phenoxy) is 1. The van der Waals surface area contributed by atoms with E-state index in [1.54, 1.807) is 24.3 Å². The first kappa shape index (κ1) is 15.8. The highest BCUT2D eigenvalue weighted by Gasteiger charge is 2.30. The second-order valence-corrected chi connectivity index (χ2v) is 7.41. The molecule has 1 aliphatic rings. The van der Waals surface area contributed by atoms with Gasteiger partial charge in [0.25, 0.3) is 0 Å². The highest BCUT2D eigenvalue weighted by atomic mass is 35.5. The highest BCUT2D eigenvalue weighted by molar-refractivity contribution is 7.91. The minimum absolute atomic E-state index is 0.0542. The van der Waals surface area contributed by atoms with Crippen molar-refractivity contribution in [3.8, 4) is 0 Å². The van der Waals surface area contributed by atoms with Crippen LogP contribution >= 0.6 is 11.6 Å². The quantitative estimate of drug-likeness (QED) is 0.873. The molecule has 2 unspecified atom stereocenters. The third kappa shape index (κ3) is 3.73. The van der Waals surface area contributed by atoms with Crippen molar-refractivity contribution < 1.29 is 13.2 Å². The van der Waals surface area contributed by atoms with E-state index in [0.717, 1.165) is 13.0 Å². The van der Waals surface area contributed by atoms with Gasteiger partial charge in [-0.05, 0) is 25.1 Å². The zero-order valence-corrected chi connectivity index (χ0v) is 13.1. The predicted octanol–water partition coefficient (Wildman–Crippen LogP) is 2.13. The molecule has 0 bridgehead atoms. The smallest absolute Gasteiger partial charge is 0.181 e. The lowest BCUT2D eigenvalue weighted by Crippen LogP contribution is -2.42. The lowest BCUT2D eigenvalue weighted by Gasteiger charge is -2.23. The van der Waals surface area contributed by atoms with E-state index in [-0.39, 0.29) is 27.6 Å². The Morgan fingerprint density at radius 3 is 2.80 bits per heavy atom. The minimum Gasteiger partial charge on any atom is -0.381 e. The largest absolute Gasteiger partial charge is 0.381 e. The van der Waals surface area contributed by atoms with Crippen LogP contribution in [0.25, 0.3) is 0 Å². The fourth-order valence-electron chi connectivity index (χ4n) is 2.52. The van der Waals surface area contributed by atoms with Gasteiger partial charge in [0.2, 0.25) is 0 Å². The molecular weight excluding hydrogens is 298 g/mol. The van der Waals surface area contributed by atoms with E-state index in [2.05, 4.69) is 5.32 Å². The van der Waals surface area contributed by atoms with Crippen molar-refractivity contribution in [2.75, 3.05) is 25.5 Å². The maximum atomic E-state index is 12.5. The van der Waals surface area contributed by atoms with Gasteiger partial charge in [0.15, 0.2) is 9.84 Å². The summed E-state index contributed by atoms with van der Waals surface area (Å²) >= 11 is 6.00. The molecule has 20 heavy (non-hydrogen) atoms. The first-order chi connectivity index (χ1) is 9.54. The first-order valence-electron chi connectivity index (χ1n) is 6.83. The molecule has 4 nitrogen and oxygen atoms in total. The number of halogens is 1. The van der Waals surface area contributed by atoms with E-state index < -0.39 is 9.84 Å². The molecule has 1 N–H and O–H groups in total. The van der Waals surface area contributed by atoms with Crippen LogP contribution in [0.1, 0.15) is 13.3 Å². The van der Waals surface area contributed by atoms with Gasteiger partial charge in [-0.15, -0.1) is 0 Å². The predicted molar refractivity (Wildman–Crippen MR) is 79.9 cm³/mol. The van der Waals surface area contributed by atoms with E-state index in [4.69, 9.17) is 16.3 Å². The molecule has 1 aromatic rings. The summed E-state index contributed by atoms with van der Waals surface area (Å²) in [5.74, 6) is 0.297. The summed E-state index contributed by atoms with van der Waals surface area (Å²) in [4.78, 5) is 0.212. The summed E-state index contributed by atoms with van der Waals surface area (Å²) < 4.78 is 30.4. The number of hydrogen-bond donors (Lipinski definition) is 1. The van der Waals surface area contributed by atoms with Crippen molar-refractivity contribution in [1.82, 2.24) is 5.32 Å². The third-order valence-electron chi connectivity index (χ3n) is 3.57. The molecule has 2 atom stereocenters. The van der Waals surface area contributed by atoms with Gasteiger partial charge in [-0.3, -0.25) is 0 Å². The first-order valence-corrected chi connectivity index (χ1v) is 8.86. The molecular formula is C14H20ClNO3S. The Kier molecular flexibility index (Phi) is 5.43. The van der Waals surface area contributed by atoms with E-state index >= 15 is 0 Å². The molecule has 6 heteroatoms. The molecule has 0 spiro atoms. The molecule has 1 fully saturated rings. The molecule has 2 rings (SSSR count). The summed E-state index contributed by atoms with van der Waals surface area (Å²) in [6.07, 6.45) is 0.899. The van der Waals surface area contributed by atoms with Gasteiger partial charge in [0, 0.05) is 18.6 Å². The molecule has 0 aliphatic carbocycles. The van der Waals surface area contributed by atoms with Crippen LogP contribution < -0.4 is 5.32 Å². The van der Waals surface area contributed by atoms with Crippen LogP contribution in [0.3, 0.4) is 0 Å². The molecule has 112 valence electrons. The van der Waals surface area contributed by atoms with Gasteiger partial charge >= 0.3 is 0 Å². The van der Waals surface area contributed by atoms with Crippen LogP contribution in [0.2, 0.25) is 5.02 Å². The maximum Gasteiger partial charge on any atom is 0.181 e. The van der Waals surface area contributed by atoms with Gasteiger partial charge in [0.05, 0.1) is 22.3 Å². The summed E-state index contributed by atoms with van der Waals surface area (Å²) in [5, 5.41) is 3.55. The second-order valence-electron chi connectivity index (χ2n) is 5.00. The Morgan fingerprint density at radius 1 is 1.45 bits per heavy atom. The van der Waals surface area contributed by atoms with Crippen molar-refractivity contribution in [2.24, 2.45) is 5.92 Å². The number of benzene rings is 1. The van der Waals surface area contributed by atoms with E-state index in [1.165, 1.54) is 0 Å². The van der Waals surface area contributed by atoms with Gasteiger partial charge in [-0.25, -0.2) is 8.42 Å². The molecule has 0 radical (unpaired) electrons. The average Bonchev–Trinajstić information content (AvgIpc) is 2.92. The Morgan fingerprint density at radius 2 is 2.20 bits per heavy atom. The standard InChI is InChI=1S/C14H20ClNO3S/c1-2-16-13(11-7-8-19-9-11)10-20(17,18)14-6-4-3-5-12(14)15/h3-6,11,13,16H,2,7-10H2,1H3. The average molecular weight is 318 g/mol. The second kappa shape index (κ2) is 6.89. The van der Waals surface area contributed by atoms with Crippen LogP contribution in [0.4, 0.5) is 0 Å². The van der Waals surface area contributed by atoms with Gasteiger partial charge in [-0.1, -0.05) is 30.7 Å². The van der Waals surface area contributed by atoms with Crippen molar-refractivity contribution in [3.63, 3.8) is 0 Å². The highest BCUT2D eigenvalue weighted by Crippen LogP contribution is 2.25. The molecule has 0 saturated carbocycles. The summed E-state index contributed by atoms with van der Waals surface area (Å²) in [7, 11) is -3.40. The summed E-state index contributed by atoms with van der Waals surface area (Å²) in [6.45, 7) is 4.04. The van der Waals surface area contributed by atoms with Crippen LogP contribution in [0, 0.1) is 5.92 Å². The Labute approximate surface area is 125 Å². The van der Waals surface area contributed by atoms with Crippen LogP contribution in [-0.2, 0) is 14.6 Å². The third-order valence-corrected chi connectivity index (χ3v) is 5.84. The molecule has 0 aromatic heterocycles. The fourth-order valence-corrected chi connectivity index (χ4v) is 4.70. The van der Waals surface area contributed by atoms with Crippen LogP contribution in [-0.4, -0.2) is 40.0 Å². The van der Waals surface area contributed by atoms with Crippen molar-refractivity contribution >= 4 is 21.4 Å². The lowest BCUT2D eigenvalue weighted by atomic mass is 10.0. The Hall–Kier alpha value is -0.620. The topological polar surface area (TPSA) is 55.4 Å². The zero-order chi connectivity index (χ0) is 14.6. The van der Waals surface area contributed by atoms with Crippen LogP contribution in [0.15, 0.2) is 29.2 Å². The van der Waals surface area contributed by atoms with Gasteiger partial charge in [0.1, 0.15) is 0 Å². The van der Waals surface area contributed by atoms with Gasteiger partial charge < -0.3 is 10.1 Å². The van der Waals surface area contributed by atoms with Gasteiger partial charge in [-0.2, -0.15) is 0 Å². The molecule has 0 amide bonds. The van der Waals surface area contributed by atoms with Crippen molar-refractivity contribution in [2.45, 2.75) is 24.3 Å². The molecule has 1 saturated heterocycles. The fraction of sp³-hybridized carbons (Fsp3) is 0.571. The van der Waals surface area contributed by atoms with E-state index in [0.29, 0.717) is 13.2 Å². The Balaban J connectivity index is 2.18. The molecule has 1 aliphatic heterocycles. The monoisotopic (exact) mass is 317 g/mol. The van der Waals surface area contributed by atoms with E-state index in [1.807, 2.05) is 6.92 Å². The number of sulfone groups is 1. The van der Waals surface area contributed by atoms with Crippen molar-refractivity contribution in [3.05, 3.63) is 29.3 Å². The Bertz CT molecular complexity index is 541. The SMILES string of the molecule is CCNC(CS(=O)(=O)c1ccccc1Cl)C1CCOC1. The number of rotatable bonds is 6. The van der Waals surface area contributed by atoms with Crippen LogP contribution in [0.5, 0.6) is 0 Å². The number of nitrogens with one attached hydrogen (secondary N) is 1. The summed E-state index contributed by atoms with van der Waals surface area (Å²) in [5.41, 5.74) is 0. The van der Waals surface area contributed by atoms with E-state index in [9.17, 15) is 8.42 Å². The maximum absolute atomic E-state index is 12.5. The minimum atomic E-state index is -3.40. The number of hydrogen-bond acceptors (Lipinski definition) is 4.